The van der Waals surface area contributed by atoms with E-state index in [2.05, 4.69) is 10.3 Å². The number of nitrogens with one attached hydrogen (secondary N) is 2. The summed E-state index contributed by atoms with van der Waals surface area (Å²) in [5, 5.41) is 3.71. The lowest BCUT2D eigenvalue weighted by Gasteiger charge is -2.09. The van der Waals surface area contributed by atoms with Crippen molar-refractivity contribution in [3.63, 3.8) is 0 Å². The number of rotatable bonds is 4. The highest BCUT2D eigenvalue weighted by molar-refractivity contribution is 7.91. The molecule has 7 heteroatoms. The molecule has 128 valence electrons. The summed E-state index contributed by atoms with van der Waals surface area (Å²) in [5.74, 6) is 0.359. The minimum Gasteiger partial charge on any atom is -0.326 e. The van der Waals surface area contributed by atoms with Crippen molar-refractivity contribution >= 4 is 32.3 Å². The van der Waals surface area contributed by atoms with E-state index in [0.717, 1.165) is 5.39 Å². The van der Waals surface area contributed by atoms with Gasteiger partial charge in [-0.3, -0.25) is 9.59 Å². The fraction of sp³-hybridized carbons (Fsp3) is 0.412. The van der Waals surface area contributed by atoms with E-state index in [-0.39, 0.29) is 28.9 Å². The van der Waals surface area contributed by atoms with Crippen LogP contribution in [0.3, 0.4) is 0 Å². The molecular formula is C17H20N2O4S. The zero-order valence-corrected chi connectivity index (χ0v) is 14.3. The highest BCUT2D eigenvalue weighted by Crippen LogP contribution is 2.23. The maximum Gasteiger partial charge on any atom is 0.251 e. The second-order valence-electron chi connectivity index (χ2n) is 6.44. The van der Waals surface area contributed by atoms with Gasteiger partial charge in [0.05, 0.1) is 17.0 Å². The van der Waals surface area contributed by atoms with Crippen LogP contribution in [0, 0.1) is 12.8 Å². The van der Waals surface area contributed by atoms with Crippen molar-refractivity contribution in [2.24, 2.45) is 5.92 Å². The number of H-pyrrole nitrogens is 1. The van der Waals surface area contributed by atoms with E-state index in [4.69, 9.17) is 0 Å². The van der Waals surface area contributed by atoms with E-state index in [1.165, 1.54) is 0 Å². The largest absolute Gasteiger partial charge is 0.326 e. The lowest BCUT2D eigenvalue weighted by Crippen LogP contribution is -2.14. The summed E-state index contributed by atoms with van der Waals surface area (Å²) in [6.45, 7) is 1.75. The number of aryl methyl sites for hydroxylation is 1. The molecule has 0 radical (unpaired) electrons. The molecule has 1 fully saturated rings. The Balaban J connectivity index is 1.63. The molecule has 0 saturated carbocycles. The Hall–Kier alpha value is -2.15. The van der Waals surface area contributed by atoms with Gasteiger partial charge in [0.15, 0.2) is 9.84 Å². The number of aromatic nitrogens is 1. The van der Waals surface area contributed by atoms with Crippen molar-refractivity contribution in [1.29, 1.82) is 0 Å². The van der Waals surface area contributed by atoms with Gasteiger partial charge in [-0.2, -0.15) is 0 Å². The van der Waals surface area contributed by atoms with Crippen LogP contribution in [-0.4, -0.2) is 30.8 Å². The average Bonchev–Trinajstić information content (AvgIpc) is 2.86. The first-order valence-corrected chi connectivity index (χ1v) is 9.78. The summed E-state index contributed by atoms with van der Waals surface area (Å²) in [5.41, 5.74) is 1.79. The first kappa shape index (κ1) is 16.7. The van der Waals surface area contributed by atoms with Gasteiger partial charge in [-0.05, 0) is 49.3 Å². The Kier molecular flexibility index (Phi) is 4.45. The monoisotopic (exact) mass is 348 g/mol. The number of carbonyl (C=O) groups excluding carboxylic acids is 1. The Morgan fingerprint density at radius 2 is 2.12 bits per heavy atom. The van der Waals surface area contributed by atoms with Gasteiger partial charge in [0, 0.05) is 17.7 Å². The zero-order valence-electron chi connectivity index (χ0n) is 13.5. The second-order valence-corrected chi connectivity index (χ2v) is 8.67. The van der Waals surface area contributed by atoms with E-state index in [1.54, 1.807) is 25.1 Å². The number of fused-ring (bicyclic) bond motifs is 1. The van der Waals surface area contributed by atoms with Crippen molar-refractivity contribution in [2.45, 2.75) is 26.2 Å². The zero-order chi connectivity index (χ0) is 17.3. The summed E-state index contributed by atoms with van der Waals surface area (Å²) in [6.07, 6.45) is 1.52. The van der Waals surface area contributed by atoms with Crippen molar-refractivity contribution in [3.05, 3.63) is 40.2 Å². The molecule has 1 amide bonds. The molecule has 1 aliphatic heterocycles. The first-order chi connectivity index (χ1) is 11.3. The maximum atomic E-state index is 12.1. The third-order valence-corrected chi connectivity index (χ3v) is 6.26. The molecule has 1 aromatic carbocycles. The molecule has 0 spiro atoms. The van der Waals surface area contributed by atoms with Crippen LogP contribution in [0.1, 0.15) is 24.8 Å². The molecule has 1 aliphatic rings. The maximum absolute atomic E-state index is 12.1. The quantitative estimate of drug-likeness (QED) is 0.883. The van der Waals surface area contributed by atoms with Crippen LogP contribution in [0.15, 0.2) is 29.1 Å². The number of carbonyl (C=O) groups is 1. The highest BCUT2D eigenvalue weighted by Gasteiger charge is 2.27. The number of hydrogen-bond acceptors (Lipinski definition) is 4. The topological polar surface area (TPSA) is 96.1 Å². The SMILES string of the molecule is Cc1cc2ccc(NC(=O)CCC3CCS(=O)(=O)C3)cc2[nH]c1=O. The molecule has 3 rings (SSSR count). The summed E-state index contributed by atoms with van der Waals surface area (Å²) in [4.78, 5) is 26.5. The molecule has 2 N–H and O–H groups in total. The normalized spacial score (nSPS) is 19.5. The lowest BCUT2D eigenvalue weighted by atomic mass is 10.0. The van der Waals surface area contributed by atoms with E-state index >= 15 is 0 Å². The molecule has 24 heavy (non-hydrogen) atoms. The fourth-order valence-electron chi connectivity index (χ4n) is 3.05. The van der Waals surface area contributed by atoms with Gasteiger partial charge in [0.25, 0.3) is 5.56 Å². The standard InChI is InChI=1S/C17H20N2O4S/c1-11-8-13-3-4-14(9-15(13)19-17(11)21)18-16(20)5-2-12-6-7-24(22,23)10-12/h3-4,8-9,12H,2,5-7,10H2,1H3,(H,18,20)(H,19,21). The van der Waals surface area contributed by atoms with Crippen LogP contribution in [0.5, 0.6) is 0 Å². The van der Waals surface area contributed by atoms with E-state index in [0.29, 0.717) is 36.0 Å². The minimum atomic E-state index is -2.90. The number of aromatic amines is 1. The van der Waals surface area contributed by atoms with Crippen LogP contribution < -0.4 is 10.9 Å². The molecule has 2 heterocycles. The molecule has 0 bridgehead atoms. The Morgan fingerprint density at radius 1 is 1.33 bits per heavy atom. The summed E-state index contributed by atoms with van der Waals surface area (Å²) < 4.78 is 22.8. The molecule has 0 aliphatic carbocycles. The molecular weight excluding hydrogens is 328 g/mol. The third-order valence-electron chi connectivity index (χ3n) is 4.42. The number of sulfone groups is 1. The Bertz CT molecular complexity index is 947. The number of anilines is 1. The fourth-order valence-corrected chi connectivity index (χ4v) is 4.96. The number of benzene rings is 1. The lowest BCUT2D eigenvalue weighted by molar-refractivity contribution is -0.116. The third kappa shape index (κ3) is 3.84. The summed E-state index contributed by atoms with van der Waals surface area (Å²) in [7, 11) is -2.90. The van der Waals surface area contributed by atoms with Crippen LogP contribution in [0.2, 0.25) is 0 Å². The van der Waals surface area contributed by atoms with Crippen molar-refractivity contribution in [3.8, 4) is 0 Å². The summed E-state index contributed by atoms with van der Waals surface area (Å²) >= 11 is 0. The van der Waals surface area contributed by atoms with Gasteiger partial charge >= 0.3 is 0 Å². The minimum absolute atomic E-state index is 0.0803. The smallest absolute Gasteiger partial charge is 0.251 e. The van der Waals surface area contributed by atoms with Gasteiger partial charge in [-0.1, -0.05) is 6.07 Å². The molecule has 6 nitrogen and oxygen atoms in total. The molecule has 1 unspecified atom stereocenters. The number of hydrogen-bond donors (Lipinski definition) is 2. The second kappa shape index (κ2) is 6.39. The summed E-state index contributed by atoms with van der Waals surface area (Å²) in [6, 6.07) is 7.17. The van der Waals surface area contributed by atoms with Gasteiger partial charge in [-0.25, -0.2) is 8.42 Å². The average molecular weight is 348 g/mol. The van der Waals surface area contributed by atoms with E-state index < -0.39 is 9.84 Å². The van der Waals surface area contributed by atoms with E-state index in [1.807, 2.05) is 6.07 Å². The predicted molar refractivity (Wildman–Crippen MR) is 93.9 cm³/mol. The predicted octanol–water partition coefficient (Wildman–Crippen LogP) is 1.99. The number of amides is 1. The van der Waals surface area contributed by atoms with Crippen molar-refractivity contribution in [2.75, 3.05) is 16.8 Å². The molecule has 1 aromatic heterocycles. The van der Waals surface area contributed by atoms with Crippen LogP contribution >= 0.6 is 0 Å². The van der Waals surface area contributed by atoms with E-state index in [9.17, 15) is 18.0 Å². The van der Waals surface area contributed by atoms with Crippen molar-refractivity contribution in [1.82, 2.24) is 4.98 Å². The Morgan fingerprint density at radius 3 is 2.83 bits per heavy atom. The van der Waals surface area contributed by atoms with Crippen LogP contribution in [0.4, 0.5) is 5.69 Å². The van der Waals surface area contributed by atoms with Crippen LogP contribution in [0.25, 0.3) is 10.9 Å². The molecule has 1 atom stereocenters. The van der Waals surface area contributed by atoms with Gasteiger partial charge in [0.1, 0.15) is 0 Å². The van der Waals surface area contributed by atoms with Crippen LogP contribution in [-0.2, 0) is 14.6 Å². The van der Waals surface area contributed by atoms with Gasteiger partial charge in [-0.15, -0.1) is 0 Å². The molecule has 1 saturated heterocycles. The Labute approximate surface area is 140 Å². The van der Waals surface area contributed by atoms with Gasteiger partial charge < -0.3 is 10.3 Å². The number of pyridine rings is 1. The van der Waals surface area contributed by atoms with Crippen molar-refractivity contribution < 1.29 is 13.2 Å². The first-order valence-electron chi connectivity index (χ1n) is 7.96. The highest BCUT2D eigenvalue weighted by atomic mass is 32.2. The van der Waals surface area contributed by atoms with Gasteiger partial charge in [0.2, 0.25) is 5.91 Å². The molecule has 2 aromatic rings.